The van der Waals surface area contributed by atoms with Crippen molar-refractivity contribution in [3.05, 3.63) is 52.6 Å². The maximum Gasteiger partial charge on any atom is 0.261 e. The van der Waals surface area contributed by atoms with Crippen molar-refractivity contribution in [3.8, 4) is 5.88 Å². The van der Waals surface area contributed by atoms with E-state index in [0.29, 0.717) is 18.1 Å². The minimum Gasteiger partial charge on any atom is -0.477 e. The molecule has 0 bridgehead atoms. The van der Waals surface area contributed by atoms with E-state index in [1.165, 1.54) is 0 Å². The number of rotatable bonds is 4. The summed E-state index contributed by atoms with van der Waals surface area (Å²) >= 11 is 3.35. The lowest BCUT2D eigenvalue weighted by Gasteiger charge is -2.09. The first-order valence-electron chi connectivity index (χ1n) is 5.85. The average Bonchev–Trinajstić information content (AvgIpc) is 2.42. The van der Waals surface area contributed by atoms with Crippen LogP contribution < -0.4 is 10.1 Å². The van der Waals surface area contributed by atoms with Crippen molar-refractivity contribution >= 4 is 27.5 Å². The Hall–Kier alpha value is -1.88. The number of benzene rings is 1. The molecule has 0 spiro atoms. The van der Waals surface area contributed by atoms with Crippen LogP contribution >= 0.6 is 15.9 Å². The number of anilines is 1. The number of hydrogen-bond acceptors (Lipinski definition) is 3. The minimum atomic E-state index is -0.237. The summed E-state index contributed by atoms with van der Waals surface area (Å²) in [5.41, 5.74) is 1.15. The smallest absolute Gasteiger partial charge is 0.261 e. The Labute approximate surface area is 119 Å². The zero-order valence-electron chi connectivity index (χ0n) is 10.4. The third kappa shape index (κ3) is 3.54. The number of nitrogens with one attached hydrogen (secondary N) is 1. The Bertz CT molecular complexity index is 570. The summed E-state index contributed by atoms with van der Waals surface area (Å²) in [4.78, 5) is 16.2. The summed E-state index contributed by atoms with van der Waals surface area (Å²) in [5, 5.41) is 2.80. The summed E-state index contributed by atoms with van der Waals surface area (Å²) in [6.07, 6.45) is 1.60. The van der Waals surface area contributed by atoms with Gasteiger partial charge in [0.25, 0.3) is 5.91 Å². The van der Waals surface area contributed by atoms with Crippen LogP contribution in [0.3, 0.4) is 0 Å². The molecule has 0 aliphatic heterocycles. The second kappa shape index (κ2) is 6.33. The van der Waals surface area contributed by atoms with Gasteiger partial charge in [-0.3, -0.25) is 4.79 Å². The van der Waals surface area contributed by atoms with Crippen LogP contribution in [0.4, 0.5) is 5.69 Å². The first kappa shape index (κ1) is 13.5. The summed E-state index contributed by atoms with van der Waals surface area (Å²) in [5.74, 6) is 0.110. The van der Waals surface area contributed by atoms with Crippen molar-refractivity contribution in [3.63, 3.8) is 0 Å². The number of aromatic nitrogens is 1. The molecule has 1 amide bonds. The molecule has 0 unspecified atom stereocenters. The molecule has 2 aromatic rings. The van der Waals surface area contributed by atoms with E-state index in [-0.39, 0.29) is 5.91 Å². The van der Waals surface area contributed by atoms with Gasteiger partial charge in [0.2, 0.25) is 5.88 Å². The molecule has 0 radical (unpaired) electrons. The first-order valence-corrected chi connectivity index (χ1v) is 6.64. The fourth-order valence-corrected chi connectivity index (χ4v) is 1.81. The molecule has 1 N–H and O–H groups in total. The number of ether oxygens (including phenoxy) is 1. The fourth-order valence-electron chi connectivity index (χ4n) is 1.55. The molecule has 1 aromatic carbocycles. The maximum absolute atomic E-state index is 12.2. The summed E-state index contributed by atoms with van der Waals surface area (Å²) in [6, 6.07) is 10.8. The SMILES string of the molecule is CCOc1ncccc1C(=O)Nc1ccc(Br)cc1. The lowest BCUT2D eigenvalue weighted by Crippen LogP contribution is -2.14. The van der Waals surface area contributed by atoms with Crippen LogP contribution in [0.15, 0.2) is 47.1 Å². The number of carbonyl (C=O) groups is 1. The quantitative estimate of drug-likeness (QED) is 0.938. The van der Waals surface area contributed by atoms with Gasteiger partial charge in [-0.05, 0) is 43.3 Å². The number of hydrogen-bond donors (Lipinski definition) is 1. The van der Waals surface area contributed by atoms with Crippen molar-refractivity contribution in [2.24, 2.45) is 0 Å². The minimum absolute atomic E-state index is 0.237. The number of halogens is 1. The van der Waals surface area contributed by atoms with Crippen LogP contribution in [-0.4, -0.2) is 17.5 Å². The molecule has 5 heteroatoms. The predicted octanol–water partition coefficient (Wildman–Crippen LogP) is 3.50. The van der Waals surface area contributed by atoms with Crippen molar-refractivity contribution in [1.82, 2.24) is 4.98 Å². The third-order valence-electron chi connectivity index (χ3n) is 2.40. The lowest BCUT2D eigenvalue weighted by atomic mass is 10.2. The van der Waals surface area contributed by atoms with E-state index >= 15 is 0 Å². The molecular weight excluding hydrogens is 308 g/mol. The predicted molar refractivity (Wildman–Crippen MR) is 77.5 cm³/mol. The van der Waals surface area contributed by atoms with Gasteiger partial charge in [-0.15, -0.1) is 0 Å². The Morgan fingerprint density at radius 3 is 2.74 bits per heavy atom. The highest BCUT2D eigenvalue weighted by Gasteiger charge is 2.13. The maximum atomic E-state index is 12.2. The largest absolute Gasteiger partial charge is 0.477 e. The van der Waals surface area contributed by atoms with Crippen LogP contribution in [0.2, 0.25) is 0 Å². The molecule has 0 saturated carbocycles. The number of carbonyl (C=O) groups excluding carboxylic acids is 1. The fraction of sp³-hybridized carbons (Fsp3) is 0.143. The summed E-state index contributed by atoms with van der Waals surface area (Å²) < 4.78 is 6.30. The average molecular weight is 321 g/mol. The Balaban J connectivity index is 2.18. The van der Waals surface area contributed by atoms with Gasteiger partial charge in [0.15, 0.2) is 0 Å². The van der Waals surface area contributed by atoms with Gasteiger partial charge >= 0.3 is 0 Å². The van der Waals surface area contributed by atoms with Crippen LogP contribution in [0.25, 0.3) is 0 Å². The highest BCUT2D eigenvalue weighted by Crippen LogP contribution is 2.18. The van der Waals surface area contributed by atoms with E-state index in [1.807, 2.05) is 31.2 Å². The van der Waals surface area contributed by atoms with Crippen molar-refractivity contribution < 1.29 is 9.53 Å². The van der Waals surface area contributed by atoms with Crippen molar-refractivity contribution in [1.29, 1.82) is 0 Å². The zero-order chi connectivity index (χ0) is 13.7. The van der Waals surface area contributed by atoms with Gasteiger partial charge in [0, 0.05) is 16.4 Å². The normalized spacial score (nSPS) is 10.0. The number of amides is 1. The number of nitrogens with zero attached hydrogens (tertiary/aromatic N) is 1. The van der Waals surface area contributed by atoms with Gasteiger partial charge < -0.3 is 10.1 Å². The number of pyridine rings is 1. The molecule has 98 valence electrons. The van der Waals surface area contributed by atoms with E-state index in [2.05, 4.69) is 26.2 Å². The molecule has 0 aliphatic carbocycles. The Kier molecular flexibility index (Phi) is 4.52. The highest BCUT2D eigenvalue weighted by atomic mass is 79.9. The van der Waals surface area contributed by atoms with E-state index in [1.54, 1.807) is 18.3 Å². The molecule has 2 rings (SSSR count). The molecule has 0 saturated heterocycles. The van der Waals surface area contributed by atoms with E-state index in [0.717, 1.165) is 10.2 Å². The third-order valence-corrected chi connectivity index (χ3v) is 2.93. The van der Waals surface area contributed by atoms with Crippen LogP contribution in [-0.2, 0) is 0 Å². The lowest BCUT2D eigenvalue weighted by molar-refractivity contribution is 0.102. The van der Waals surface area contributed by atoms with Crippen LogP contribution in [0.1, 0.15) is 17.3 Å². The van der Waals surface area contributed by atoms with Crippen molar-refractivity contribution in [2.45, 2.75) is 6.92 Å². The van der Waals surface area contributed by atoms with E-state index < -0.39 is 0 Å². The van der Waals surface area contributed by atoms with Gasteiger partial charge in [0.1, 0.15) is 5.56 Å². The van der Waals surface area contributed by atoms with Gasteiger partial charge in [-0.25, -0.2) is 4.98 Å². The monoisotopic (exact) mass is 320 g/mol. The molecule has 0 fully saturated rings. The van der Waals surface area contributed by atoms with Gasteiger partial charge in [0.05, 0.1) is 6.61 Å². The molecule has 4 nitrogen and oxygen atoms in total. The Morgan fingerprint density at radius 2 is 2.05 bits per heavy atom. The standard InChI is InChI=1S/C14H13BrN2O2/c1-2-19-14-12(4-3-9-16-14)13(18)17-11-7-5-10(15)6-8-11/h3-9H,2H2,1H3,(H,17,18). The zero-order valence-corrected chi connectivity index (χ0v) is 12.0. The molecule has 0 aliphatic rings. The topological polar surface area (TPSA) is 51.2 Å². The molecule has 19 heavy (non-hydrogen) atoms. The van der Waals surface area contributed by atoms with Gasteiger partial charge in [-0.1, -0.05) is 15.9 Å². The molecule has 1 heterocycles. The van der Waals surface area contributed by atoms with Crippen LogP contribution in [0.5, 0.6) is 5.88 Å². The first-order chi connectivity index (χ1) is 9.20. The highest BCUT2D eigenvalue weighted by molar-refractivity contribution is 9.10. The molecule has 1 aromatic heterocycles. The summed E-state index contributed by atoms with van der Waals surface area (Å²) in [6.45, 7) is 2.32. The summed E-state index contributed by atoms with van der Waals surface area (Å²) in [7, 11) is 0. The van der Waals surface area contributed by atoms with Gasteiger partial charge in [-0.2, -0.15) is 0 Å². The van der Waals surface area contributed by atoms with Crippen LogP contribution in [0, 0.1) is 0 Å². The Morgan fingerprint density at radius 1 is 1.32 bits per heavy atom. The van der Waals surface area contributed by atoms with E-state index in [9.17, 15) is 4.79 Å². The van der Waals surface area contributed by atoms with E-state index in [4.69, 9.17) is 4.74 Å². The second-order valence-corrected chi connectivity index (χ2v) is 4.67. The molecule has 0 atom stereocenters. The van der Waals surface area contributed by atoms with Crippen molar-refractivity contribution in [2.75, 3.05) is 11.9 Å². The molecular formula is C14H13BrN2O2. The second-order valence-electron chi connectivity index (χ2n) is 3.75.